The van der Waals surface area contributed by atoms with Crippen LogP contribution in [0.4, 0.5) is 5.82 Å². The van der Waals surface area contributed by atoms with Gasteiger partial charge in [0.2, 0.25) is 5.28 Å². The Bertz CT molecular complexity index is 600. The number of rotatable bonds is 4. The van der Waals surface area contributed by atoms with Crippen LogP contribution in [0, 0.1) is 11.3 Å². The number of halogens is 1. The maximum atomic E-state index is 5.91. The van der Waals surface area contributed by atoms with Crippen LogP contribution >= 0.6 is 11.6 Å². The van der Waals surface area contributed by atoms with Crippen molar-refractivity contribution in [3.8, 4) is 0 Å². The molecular weight excluding hydrogens is 250 g/mol. The number of nitrogens with one attached hydrogen (secondary N) is 2. The minimum absolute atomic E-state index is 0.244. The van der Waals surface area contributed by atoms with Gasteiger partial charge in [-0.25, -0.2) is 4.98 Å². The highest BCUT2D eigenvalue weighted by Crippen LogP contribution is 2.61. The lowest BCUT2D eigenvalue weighted by atomic mass is 10.0. The molecule has 0 atom stereocenters. The molecular formula is C12H14ClN5. The third kappa shape index (κ3) is 1.65. The molecule has 2 heterocycles. The van der Waals surface area contributed by atoms with Crippen LogP contribution in [0.15, 0.2) is 6.33 Å². The summed E-state index contributed by atoms with van der Waals surface area (Å²) in [5, 5.41) is 3.68. The van der Waals surface area contributed by atoms with Gasteiger partial charge in [0.1, 0.15) is 5.52 Å². The van der Waals surface area contributed by atoms with Gasteiger partial charge in [-0.05, 0) is 48.6 Å². The molecule has 0 aromatic carbocycles. The second-order valence-electron chi connectivity index (χ2n) is 5.43. The Hall–Kier alpha value is -1.36. The molecule has 5 nitrogen and oxygen atoms in total. The van der Waals surface area contributed by atoms with E-state index in [2.05, 4.69) is 25.3 Å². The maximum Gasteiger partial charge on any atom is 0.226 e. The van der Waals surface area contributed by atoms with Crippen LogP contribution in [-0.2, 0) is 0 Å². The summed E-state index contributed by atoms with van der Waals surface area (Å²) < 4.78 is 0. The van der Waals surface area contributed by atoms with Gasteiger partial charge in [-0.15, -0.1) is 0 Å². The Kier molecular flexibility index (Phi) is 2.09. The molecule has 2 saturated carbocycles. The van der Waals surface area contributed by atoms with Gasteiger partial charge in [0.15, 0.2) is 11.5 Å². The first-order valence-electron chi connectivity index (χ1n) is 6.37. The number of aromatic amines is 1. The van der Waals surface area contributed by atoms with Crippen LogP contribution in [0.25, 0.3) is 11.2 Å². The fourth-order valence-corrected chi connectivity index (χ4v) is 2.94. The predicted octanol–water partition coefficient (Wildman–Crippen LogP) is 2.61. The molecule has 6 heteroatoms. The summed E-state index contributed by atoms with van der Waals surface area (Å²) in [6.45, 7) is 0.985. The summed E-state index contributed by atoms with van der Waals surface area (Å²) in [6, 6.07) is 0. The molecule has 0 saturated heterocycles. The van der Waals surface area contributed by atoms with Gasteiger partial charge < -0.3 is 10.3 Å². The van der Waals surface area contributed by atoms with Crippen molar-refractivity contribution in [3.63, 3.8) is 0 Å². The molecule has 2 N–H and O–H groups in total. The number of hydrogen-bond acceptors (Lipinski definition) is 4. The minimum atomic E-state index is 0.244. The van der Waals surface area contributed by atoms with Crippen LogP contribution in [-0.4, -0.2) is 26.5 Å². The second kappa shape index (κ2) is 3.57. The zero-order valence-electron chi connectivity index (χ0n) is 9.91. The number of H-pyrrole nitrogens is 1. The molecule has 0 bridgehead atoms. The Balaban J connectivity index is 1.60. The first-order valence-corrected chi connectivity index (χ1v) is 6.75. The van der Waals surface area contributed by atoms with Gasteiger partial charge in [0, 0.05) is 6.54 Å². The van der Waals surface area contributed by atoms with E-state index in [1.807, 2.05) is 0 Å². The molecule has 2 aliphatic carbocycles. The van der Waals surface area contributed by atoms with Crippen LogP contribution in [0.5, 0.6) is 0 Å². The zero-order valence-corrected chi connectivity index (χ0v) is 10.7. The van der Waals surface area contributed by atoms with Gasteiger partial charge in [-0.3, -0.25) is 0 Å². The molecule has 0 amide bonds. The van der Waals surface area contributed by atoms with Gasteiger partial charge in [0.05, 0.1) is 6.33 Å². The predicted molar refractivity (Wildman–Crippen MR) is 69.6 cm³/mol. The van der Waals surface area contributed by atoms with E-state index in [4.69, 9.17) is 11.6 Å². The van der Waals surface area contributed by atoms with E-state index in [1.54, 1.807) is 6.33 Å². The van der Waals surface area contributed by atoms with E-state index in [-0.39, 0.29) is 5.28 Å². The number of anilines is 1. The van der Waals surface area contributed by atoms with Crippen molar-refractivity contribution < 1.29 is 0 Å². The summed E-state index contributed by atoms with van der Waals surface area (Å²) in [7, 11) is 0. The van der Waals surface area contributed by atoms with E-state index in [1.165, 1.54) is 25.7 Å². The summed E-state index contributed by atoms with van der Waals surface area (Å²) in [4.78, 5) is 15.5. The lowest BCUT2D eigenvalue weighted by molar-refractivity contribution is 0.466. The average Bonchev–Trinajstić information content (AvgIpc) is 3.23. The topological polar surface area (TPSA) is 66.5 Å². The lowest BCUT2D eigenvalue weighted by Crippen LogP contribution is -2.18. The third-order valence-corrected chi connectivity index (χ3v) is 4.37. The van der Waals surface area contributed by atoms with Crippen molar-refractivity contribution in [2.75, 3.05) is 11.9 Å². The molecule has 4 rings (SSSR count). The molecule has 0 unspecified atom stereocenters. The van der Waals surface area contributed by atoms with Gasteiger partial charge in [-0.2, -0.15) is 9.97 Å². The summed E-state index contributed by atoms with van der Waals surface area (Å²) in [5.41, 5.74) is 1.99. The third-order valence-electron chi connectivity index (χ3n) is 4.20. The van der Waals surface area contributed by atoms with Crippen LogP contribution in [0.1, 0.15) is 25.7 Å². The average molecular weight is 264 g/mol. The molecule has 2 aromatic rings. The Morgan fingerprint density at radius 3 is 2.94 bits per heavy atom. The number of fused-ring (bicyclic) bond motifs is 1. The fraction of sp³-hybridized carbons (Fsp3) is 0.583. The molecule has 2 aliphatic rings. The largest absolute Gasteiger partial charge is 0.368 e. The van der Waals surface area contributed by atoms with E-state index >= 15 is 0 Å². The monoisotopic (exact) mass is 263 g/mol. The summed E-state index contributed by atoms with van der Waals surface area (Å²) >= 11 is 5.91. The molecule has 0 aliphatic heterocycles. The van der Waals surface area contributed by atoms with Crippen molar-refractivity contribution in [2.45, 2.75) is 25.7 Å². The van der Waals surface area contributed by atoms with Crippen molar-refractivity contribution >= 4 is 28.6 Å². The Morgan fingerprint density at radius 1 is 1.39 bits per heavy atom. The van der Waals surface area contributed by atoms with Crippen LogP contribution in [0.3, 0.4) is 0 Å². The number of nitrogens with zero attached hydrogens (tertiary/aromatic N) is 3. The molecule has 18 heavy (non-hydrogen) atoms. The van der Waals surface area contributed by atoms with Crippen molar-refractivity contribution in [1.29, 1.82) is 0 Å². The van der Waals surface area contributed by atoms with Crippen molar-refractivity contribution in [1.82, 2.24) is 19.9 Å². The number of hydrogen-bond donors (Lipinski definition) is 2. The smallest absolute Gasteiger partial charge is 0.226 e. The van der Waals surface area contributed by atoms with Crippen molar-refractivity contribution in [2.24, 2.45) is 11.3 Å². The molecule has 0 radical (unpaired) electrons. The number of imidazole rings is 1. The summed E-state index contributed by atoms with van der Waals surface area (Å²) in [5.74, 6) is 1.70. The fourth-order valence-electron chi connectivity index (χ4n) is 2.78. The minimum Gasteiger partial charge on any atom is -0.368 e. The zero-order chi connectivity index (χ0) is 12.2. The highest BCUT2D eigenvalue weighted by atomic mass is 35.5. The van der Waals surface area contributed by atoms with Gasteiger partial charge in [0.25, 0.3) is 0 Å². The van der Waals surface area contributed by atoms with E-state index < -0.39 is 0 Å². The highest BCUT2D eigenvalue weighted by molar-refractivity contribution is 6.28. The van der Waals surface area contributed by atoms with Gasteiger partial charge >= 0.3 is 0 Å². The molecule has 2 aromatic heterocycles. The lowest BCUT2D eigenvalue weighted by Gasteiger charge is -2.15. The van der Waals surface area contributed by atoms with E-state index in [0.717, 1.165) is 23.8 Å². The number of aromatic nitrogens is 4. The summed E-state index contributed by atoms with van der Waals surface area (Å²) in [6.07, 6.45) is 7.09. The maximum absolute atomic E-state index is 5.91. The molecule has 94 valence electrons. The van der Waals surface area contributed by atoms with E-state index in [0.29, 0.717) is 11.1 Å². The molecule has 0 spiro atoms. The molecule has 2 fully saturated rings. The first kappa shape index (κ1) is 10.6. The van der Waals surface area contributed by atoms with Crippen LogP contribution in [0.2, 0.25) is 5.28 Å². The first-order chi connectivity index (χ1) is 8.77. The second-order valence-corrected chi connectivity index (χ2v) is 5.77. The van der Waals surface area contributed by atoms with Gasteiger partial charge in [-0.1, -0.05) is 0 Å². The normalized spacial score (nSPS) is 21.2. The Labute approximate surface area is 109 Å². The standard InChI is InChI=1S/C12H14ClN5/c13-11-17-9(8-10(18-11)16-6-15-8)14-5-12(3-4-12)7-1-2-7/h6-7H,1-5H2,(H2,14,15,16,17,18). The Morgan fingerprint density at radius 2 is 2.22 bits per heavy atom. The van der Waals surface area contributed by atoms with Crippen molar-refractivity contribution in [3.05, 3.63) is 11.6 Å². The quantitative estimate of drug-likeness (QED) is 0.832. The SMILES string of the molecule is Clc1nc(NCC2(C3CC3)CC2)c2[nH]cnc2n1. The van der Waals surface area contributed by atoms with E-state index in [9.17, 15) is 0 Å². The highest BCUT2D eigenvalue weighted by Gasteiger charge is 2.53. The van der Waals surface area contributed by atoms with Crippen LogP contribution < -0.4 is 5.32 Å².